The smallest absolute Gasteiger partial charge is 0.222 e. The van der Waals surface area contributed by atoms with Gasteiger partial charge in [-0.1, -0.05) is 18.2 Å². The normalized spacial score (nSPS) is 11.3. The number of pyridine rings is 1. The van der Waals surface area contributed by atoms with E-state index in [4.69, 9.17) is 0 Å². The monoisotopic (exact) mass is 271 g/mol. The summed E-state index contributed by atoms with van der Waals surface area (Å²) in [6, 6.07) is 9.90. The number of hydrogen-bond acceptors (Lipinski definition) is 3. The van der Waals surface area contributed by atoms with E-state index in [1.807, 2.05) is 51.1 Å². The second kappa shape index (κ2) is 5.90. The van der Waals surface area contributed by atoms with Gasteiger partial charge in [0.1, 0.15) is 0 Å². The predicted molar refractivity (Wildman–Crippen MR) is 82.7 cm³/mol. The molecule has 0 atom stereocenters. The Balaban J connectivity index is 1.95. The van der Waals surface area contributed by atoms with Gasteiger partial charge in [0.2, 0.25) is 5.91 Å². The Kier molecular flexibility index (Phi) is 4.23. The molecule has 0 fully saturated rings. The van der Waals surface area contributed by atoms with Crippen LogP contribution < -0.4 is 10.6 Å². The molecule has 0 saturated carbocycles. The summed E-state index contributed by atoms with van der Waals surface area (Å²) in [6.07, 6.45) is 2.23. The zero-order chi connectivity index (χ0) is 14.6. The van der Waals surface area contributed by atoms with Crippen LogP contribution >= 0.6 is 0 Å². The molecular weight excluding hydrogens is 250 g/mol. The first kappa shape index (κ1) is 14.3. The molecule has 0 aliphatic rings. The first-order valence-electron chi connectivity index (χ1n) is 6.84. The number of carbonyl (C=O) groups excluding carboxylic acids is 1. The largest absolute Gasteiger partial charge is 0.384 e. The third kappa shape index (κ3) is 3.95. The van der Waals surface area contributed by atoms with E-state index in [-0.39, 0.29) is 11.4 Å². The molecule has 0 aliphatic carbocycles. The van der Waals surface area contributed by atoms with Gasteiger partial charge in [-0.2, -0.15) is 0 Å². The fourth-order valence-electron chi connectivity index (χ4n) is 2.04. The van der Waals surface area contributed by atoms with Crippen molar-refractivity contribution in [3.05, 3.63) is 36.5 Å². The van der Waals surface area contributed by atoms with E-state index in [2.05, 4.69) is 15.6 Å². The van der Waals surface area contributed by atoms with Crippen molar-refractivity contribution in [3.8, 4) is 0 Å². The number of hydrogen-bond donors (Lipinski definition) is 2. The SMILES string of the molecule is CC(C)(C)NC(=O)CCNc1ccnc2ccccc12. The minimum absolute atomic E-state index is 0.0587. The Morgan fingerprint density at radius 1 is 1.20 bits per heavy atom. The molecule has 0 bridgehead atoms. The number of rotatable bonds is 4. The quantitative estimate of drug-likeness (QED) is 0.899. The van der Waals surface area contributed by atoms with Crippen molar-refractivity contribution in [3.63, 3.8) is 0 Å². The first-order chi connectivity index (χ1) is 9.46. The molecule has 2 rings (SSSR count). The van der Waals surface area contributed by atoms with Gasteiger partial charge in [-0.15, -0.1) is 0 Å². The lowest BCUT2D eigenvalue weighted by Crippen LogP contribution is -2.41. The maximum atomic E-state index is 11.7. The third-order valence-electron chi connectivity index (χ3n) is 2.83. The van der Waals surface area contributed by atoms with E-state index in [1.165, 1.54) is 0 Å². The van der Waals surface area contributed by atoms with Crippen LogP contribution in [0.5, 0.6) is 0 Å². The van der Waals surface area contributed by atoms with Crippen LogP contribution in [-0.4, -0.2) is 23.0 Å². The molecular formula is C16H21N3O. The maximum absolute atomic E-state index is 11.7. The van der Waals surface area contributed by atoms with Crippen molar-refractivity contribution >= 4 is 22.5 Å². The summed E-state index contributed by atoms with van der Waals surface area (Å²) in [5.41, 5.74) is 1.79. The Labute approximate surface area is 119 Å². The average molecular weight is 271 g/mol. The fourth-order valence-corrected chi connectivity index (χ4v) is 2.04. The molecule has 4 heteroatoms. The van der Waals surface area contributed by atoms with Gasteiger partial charge in [0.25, 0.3) is 0 Å². The second-order valence-electron chi connectivity index (χ2n) is 5.85. The van der Waals surface area contributed by atoms with Crippen LogP contribution in [0.25, 0.3) is 10.9 Å². The van der Waals surface area contributed by atoms with Gasteiger partial charge >= 0.3 is 0 Å². The molecule has 1 amide bonds. The van der Waals surface area contributed by atoms with Crippen LogP contribution in [0.3, 0.4) is 0 Å². The van der Waals surface area contributed by atoms with Gasteiger partial charge in [-0.3, -0.25) is 9.78 Å². The number of para-hydroxylation sites is 1. The summed E-state index contributed by atoms with van der Waals surface area (Å²) >= 11 is 0. The highest BCUT2D eigenvalue weighted by Crippen LogP contribution is 2.20. The van der Waals surface area contributed by atoms with Gasteiger partial charge in [0.15, 0.2) is 0 Å². The molecule has 2 N–H and O–H groups in total. The molecule has 0 spiro atoms. The zero-order valence-electron chi connectivity index (χ0n) is 12.2. The van der Waals surface area contributed by atoms with Crippen molar-refractivity contribution in [1.29, 1.82) is 0 Å². The van der Waals surface area contributed by atoms with Crippen LogP contribution in [0, 0.1) is 0 Å². The fraction of sp³-hybridized carbons (Fsp3) is 0.375. The van der Waals surface area contributed by atoms with Crippen molar-refractivity contribution in [1.82, 2.24) is 10.3 Å². The minimum Gasteiger partial charge on any atom is -0.384 e. The number of fused-ring (bicyclic) bond motifs is 1. The number of amides is 1. The van der Waals surface area contributed by atoms with E-state index < -0.39 is 0 Å². The molecule has 1 aromatic heterocycles. The lowest BCUT2D eigenvalue weighted by atomic mass is 10.1. The molecule has 1 heterocycles. The number of benzene rings is 1. The summed E-state index contributed by atoms with van der Waals surface area (Å²) in [5, 5.41) is 7.33. The summed E-state index contributed by atoms with van der Waals surface area (Å²) in [5.74, 6) is 0.0587. The second-order valence-corrected chi connectivity index (χ2v) is 5.85. The molecule has 0 radical (unpaired) electrons. The van der Waals surface area contributed by atoms with Crippen molar-refractivity contribution in [2.45, 2.75) is 32.7 Å². The van der Waals surface area contributed by atoms with Gasteiger partial charge < -0.3 is 10.6 Å². The number of nitrogens with zero attached hydrogens (tertiary/aromatic N) is 1. The molecule has 1 aromatic carbocycles. The first-order valence-corrected chi connectivity index (χ1v) is 6.84. The van der Waals surface area contributed by atoms with Gasteiger partial charge in [-0.05, 0) is 32.9 Å². The van der Waals surface area contributed by atoms with Crippen LogP contribution in [0.2, 0.25) is 0 Å². The van der Waals surface area contributed by atoms with Gasteiger partial charge in [0, 0.05) is 35.8 Å². The molecule has 0 saturated heterocycles. The maximum Gasteiger partial charge on any atom is 0.222 e. The average Bonchev–Trinajstić information content (AvgIpc) is 2.37. The van der Waals surface area contributed by atoms with E-state index >= 15 is 0 Å². The molecule has 106 valence electrons. The third-order valence-corrected chi connectivity index (χ3v) is 2.83. The highest BCUT2D eigenvalue weighted by atomic mass is 16.1. The zero-order valence-corrected chi connectivity index (χ0v) is 12.2. The topological polar surface area (TPSA) is 54.0 Å². The van der Waals surface area contributed by atoms with Gasteiger partial charge in [0.05, 0.1) is 5.52 Å². The molecule has 4 nitrogen and oxygen atoms in total. The highest BCUT2D eigenvalue weighted by Gasteiger charge is 2.13. The molecule has 20 heavy (non-hydrogen) atoms. The van der Waals surface area contributed by atoms with Crippen molar-refractivity contribution < 1.29 is 4.79 Å². The van der Waals surface area contributed by atoms with E-state index in [0.717, 1.165) is 16.6 Å². The van der Waals surface area contributed by atoms with E-state index in [9.17, 15) is 4.79 Å². The van der Waals surface area contributed by atoms with Crippen LogP contribution in [-0.2, 0) is 4.79 Å². The van der Waals surface area contributed by atoms with E-state index in [0.29, 0.717) is 13.0 Å². The predicted octanol–water partition coefficient (Wildman–Crippen LogP) is 2.95. The summed E-state index contributed by atoms with van der Waals surface area (Å²) in [4.78, 5) is 16.1. The number of aromatic nitrogens is 1. The Hall–Kier alpha value is -2.10. The highest BCUT2D eigenvalue weighted by molar-refractivity contribution is 5.91. The Morgan fingerprint density at radius 3 is 2.70 bits per heavy atom. The molecule has 2 aromatic rings. The lowest BCUT2D eigenvalue weighted by Gasteiger charge is -2.20. The number of anilines is 1. The standard InChI is InChI=1S/C16H21N3O/c1-16(2,3)19-15(20)9-11-18-14-8-10-17-13-7-5-4-6-12(13)14/h4-8,10H,9,11H2,1-3H3,(H,17,18)(H,19,20). The molecule has 0 aliphatic heterocycles. The van der Waals surface area contributed by atoms with Gasteiger partial charge in [-0.25, -0.2) is 0 Å². The number of nitrogens with one attached hydrogen (secondary N) is 2. The van der Waals surface area contributed by atoms with E-state index in [1.54, 1.807) is 6.20 Å². The molecule has 0 unspecified atom stereocenters. The van der Waals surface area contributed by atoms with Crippen LogP contribution in [0.1, 0.15) is 27.2 Å². The minimum atomic E-state index is -0.180. The summed E-state index contributed by atoms with van der Waals surface area (Å²) < 4.78 is 0. The summed E-state index contributed by atoms with van der Waals surface area (Å²) in [6.45, 7) is 6.55. The summed E-state index contributed by atoms with van der Waals surface area (Å²) in [7, 11) is 0. The van der Waals surface area contributed by atoms with Crippen LogP contribution in [0.15, 0.2) is 36.5 Å². The Morgan fingerprint density at radius 2 is 1.95 bits per heavy atom. The van der Waals surface area contributed by atoms with Crippen LogP contribution in [0.4, 0.5) is 5.69 Å². The number of carbonyl (C=O) groups is 1. The van der Waals surface area contributed by atoms with Crippen molar-refractivity contribution in [2.24, 2.45) is 0 Å². The Bertz CT molecular complexity index is 597. The lowest BCUT2D eigenvalue weighted by molar-refractivity contribution is -0.122. The van der Waals surface area contributed by atoms with Crippen molar-refractivity contribution in [2.75, 3.05) is 11.9 Å².